The van der Waals surface area contributed by atoms with E-state index in [-0.39, 0.29) is 17.7 Å². The molecule has 5 heteroatoms. The molecule has 1 aromatic rings. The average Bonchev–Trinajstić information content (AvgIpc) is 2.21. The molecule has 0 N–H and O–H groups in total. The molecule has 0 aliphatic carbocycles. The van der Waals surface area contributed by atoms with Gasteiger partial charge in [0.25, 0.3) is 0 Å². The lowest BCUT2D eigenvalue weighted by atomic mass is 10.1. The Kier molecular flexibility index (Phi) is 4.18. The molecule has 0 amide bonds. The number of nitrogens with zero attached hydrogens (tertiary/aromatic N) is 1. The van der Waals surface area contributed by atoms with Crippen LogP contribution < -0.4 is 0 Å². The lowest BCUT2D eigenvalue weighted by molar-refractivity contribution is 0.0525. The van der Waals surface area contributed by atoms with Crippen LogP contribution in [0.4, 0.5) is 0 Å². The number of ether oxygens (including phenoxy) is 1. The van der Waals surface area contributed by atoms with E-state index in [4.69, 9.17) is 10.00 Å². The fraction of sp³-hybridized carbons (Fsp3) is 0.200. The molecule has 1 rings (SSSR count). The van der Waals surface area contributed by atoms with Crippen molar-refractivity contribution in [1.29, 1.82) is 5.26 Å². The maximum Gasteiger partial charge on any atom is 0.339 e. The van der Waals surface area contributed by atoms with Gasteiger partial charge in [-0.15, -0.1) is 12.6 Å². The van der Waals surface area contributed by atoms with Crippen LogP contribution in [0.1, 0.15) is 22.8 Å². The Morgan fingerprint density at radius 2 is 2.33 bits per heavy atom. The van der Waals surface area contributed by atoms with Crippen molar-refractivity contribution in [3.8, 4) is 6.07 Å². The largest absolute Gasteiger partial charge is 0.462 e. The smallest absolute Gasteiger partial charge is 0.339 e. The van der Waals surface area contributed by atoms with Crippen molar-refractivity contribution in [3.63, 3.8) is 0 Å². The molecule has 78 valence electrons. The Balaban J connectivity index is 3.23. The number of benzene rings is 1. The lowest BCUT2D eigenvalue weighted by Crippen LogP contribution is -2.07. The molecule has 0 unspecified atom stereocenters. The molecule has 15 heavy (non-hydrogen) atoms. The Morgan fingerprint density at radius 1 is 1.67 bits per heavy atom. The van der Waals surface area contributed by atoms with Crippen LogP contribution in [0.3, 0.4) is 0 Å². The highest BCUT2D eigenvalue weighted by Crippen LogP contribution is 2.25. The summed E-state index contributed by atoms with van der Waals surface area (Å²) in [6, 6.07) is 5.01. The molecule has 0 aliphatic heterocycles. The van der Waals surface area contributed by atoms with Crippen LogP contribution in [-0.4, -0.2) is 12.6 Å². The quantitative estimate of drug-likeness (QED) is 0.672. The van der Waals surface area contributed by atoms with Crippen molar-refractivity contribution >= 4 is 34.5 Å². The third kappa shape index (κ3) is 2.74. The lowest BCUT2D eigenvalue weighted by Gasteiger charge is -2.05. The third-order valence-corrected chi connectivity index (χ3v) is 3.04. The first kappa shape index (κ1) is 12.1. The fourth-order valence-electron chi connectivity index (χ4n) is 1.03. The normalized spacial score (nSPS) is 9.47. The fourth-order valence-corrected chi connectivity index (χ4v) is 1.57. The Bertz CT molecular complexity index is 440. The first-order valence-electron chi connectivity index (χ1n) is 4.19. The highest BCUT2D eigenvalue weighted by Gasteiger charge is 2.14. The van der Waals surface area contributed by atoms with Gasteiger partial charge in [0.15, 0.2) is 0 Å². The highest BCUT2D eigenvalue weighted by molar-refractivity contribution is 9.10. The highest BCUT2D eigenvalue weighted by atomic mass is 79.9. The molecule has 0 saturated heterocycles. The standard InChI is InChI=1S/C10H8BrNO2S/c1-2-14-10(13)7-4-9(15)8(11)3-6(7)5-12/h3-4,15H,2H2,1H3. The first-order valence-corrected chi connectivity index (χ1v) is 5.44. The van der Waals surface area contributed by atoms with Gasteiger partial charge in [-0.25, -0.2) is 4.79 Å². The van der Waals surface area contributed by atoms with Crippen LogP contribution in [0.25, 0.3) is 0 Å². The van der Waals surface area contributed by atoms with Crippen molar-refractivity contribution in [2.75, 3.05) is 6.61 Å². The van der Waals surface area contributed by atoms with Crippen molar-refractivity contribution in [3.05, 3.63) is 27.7 Å². The number of hydrogen-bond donors (Lipinski definition) is 1. The summed E-state index contributed by atoms with van der Waals surface area (Å²) in [5.74, 6) is -0.503. The van der Waals surface area contributed by atoms with E-state index in [1.54, 1.807) is 13.0 Å². The van der Waals surface area contributed by atoms with E-state index in [0.29, 0.717) is 9.37 Å². The summed E-state index contributed by atoms with van der Waals surface area (Å²) in [5, 5.41) is 8.85. The number of thiol groups is 1. The van der Waals surface area contributed by atoms with Crippen molar-refractivity contribution in [2.24, 2.45) is 0 Å². The second kappa shape index (κ2) is 5.19. The van der Waals surface area contributed by atoms with Gasteiger partial charge >= 0.3 is 5.97 Å². The minimum Gasteiger partial charge on any atom is -0.462 e. The SMILES string of the molecule is CCOC(=O)c1cc(S)c(Br)cc1C#N. The summed E-state index contributed by atoms with van der Waals surface area (Å²) in [5.41, 5.74) is 0.519. The van der Waals surface area contributed by atoms with Crippen LogP contribution in [0.15, 0.2) is 21.5 Å². The number of carbonyl (C=O) groups is 1. The molecule has 0 saturated carbocycles. The van der Waals surface area contributed by atoms with Gasteiger partial charge in [0, 0.05) is 9.37 Å². The summed E-state index contributed by atoms with van der Waals surface area (Å²) in [7, 11) is 0. The average molecular weight is 286 g/mol. The van der Waals surface area contributed by atoms with Gasteiger partial charge in [-0.3, -0.25) is 0 Å². The van der Waals surface area contributed by atoms with Crippen molar-refractivity contribution in [2.45, 2.75) is 11.8 Å². The molecule has 1 aromatic carbocycles. The topological polar surface area (TPSA) is 50.1 Å². The van der Waals surface area contributed by atoms with Gasteiger partial charge in [-0.05, 0) is 35.0 Å². The zero-order valence-corrected chi connectivity index (χ0v) is 10.4. The Hall–Kier alpha value is -0.990. The van der Waals surface area contributed by atoms with Gasteiger partial charge in [-0.1, -0.05) is 0 Å². The second-order valence-corrected chi connectivity index (χ2v) is 4.02. The third-order valence-electron chi connectivity index (χ3n) is 1.70. The van der Waals surface area contributed by atoms with Crippen molar-refractivity contribution < 1.29 is 9.53 Å². The first-order chi connectivity index (χ1) is 7.10. The van der Waals surface area contributed by atoms with Crippen LogP contribution in [-0.2, 0) is 4.74 Å². The number of nitriles is 1. The summed E-state index contributed by atoms with van der Waals surface area (Å²) in [4.78, 5) is 12.1. The molecule has 0 spiro atoms. The zero-order valence-electron chi connectivity index (χ0n) is 7.95. The van der Waals surface area contributed by atoms with E-state index in [0.717, 1.165) is 0 Å². The molecular weight excluding hydrogens is 278 g/mol. The summed E-state index contributed by atoms with van der Waals surface area (Å²) >= 11 is 7.38. The number of rotatable bonds is 2. The summed E-state index contributed by atoms with van der Waals surface area (Å²) in [6.07, 6.45) is 0. The molecule has 0 atom stereocenters. The Labute approximate surface area is 102 Å². The molecule has 0 bridgehead atoms. The van der Waals surface area contributed by atoms with Crippen LogP contribution in [0, 0.1) is 11.3 Å². The minimum atomic E-state index is -0.503. The van der Waals surface area contributed by atoms with Gasteiger partial charge in [0.1, 0.15) is 6.07 Å². The summed E-state index contributed by atoms with van der Waals surface area (Å²) < 4.78 is 5.50. The molecule has 0 radical (unpaired) electrons. The van der Waals surface area contributed by atoms with E-state index >= 15 is 0 Å². The maximum absolute atomic E-state index is 11.5. The predicted molar refractivity (Wildman–Crippen MR) is 62.1 cm³/mol. The number of halogens is 1. The van der Waals surface area contributed by atoms with E-state index in [1.807, 2.05) is 6.07 Å². The molecule has 0 aliphatic rings. The number of esters is 1. The summed E-state index contributed by atoms with van der Waals surface area (Å²) in [6.45, 7) is 1.99. The monoisotopic (exact) mass is 285 g/mol. The van der Waals surface area contributed by atoms with Gasteiger partial charge < -0.3 is 4.74 Å². The maximum atomic E-state index is 11.5. The minimum absolute atomic E-state index is 0.243. The van der Waals surface area contributed by atoms with Crippen LogP contribution in [0.5, 0.6) is 0 Å². The Morgan fingerprint density at radius 3 is 2.87 bits per heavy atom. The van der Waals surface area contributed by atoms with Gasteiger partial charge in [0.05, 0.1) is 17.7 Å². The van der Waals surface area contributed by atoms with Gasteiger partial charge in [-0.2, -0.15) is 5.26 Å². The van der Waals surface area contributed by atoms with Crippen molar-refractivity contribution in [1.82, 2.24) is 0 Å². The molecule has 0 heterocycles. The van der Waals surface area contributed by atoms with Crippen LogP contribution >= 0.6 is 28.6 Å². The van der Waals surface area contributed by atoms with E-state index in [9.17, 15) is 4.79 Å². The molecule has 0 fully saturated rings. The van der Waals surface area contributed by atoms with E-state index < -0.39 is 5.97 Å². The van der Waals surface area contributed by atoms with Gasteiger partial charge in [0.2, 0.25) is 0 Å². The zero-order chi connectivity index (χ0) is 11.4. The van der Waals surface area contributed by atoms with E-state index in [2.05, 4.69) is 28.6 Å². The number of carbonyl (C=O) groups excluding carboxylic acids is 1. The van der Waals surface area contributed by atoms with Crippen LogP contribution in [0.2, 0.25) is 0 Å². The molecule has 0 aromatic heterocycles. The molecule has 3 nitrogen and oxygen atoms in total. The molecular formula is C10H8BrNO2S. The second-order valence-electron chi connectivity index (χ2n) is 2.68. The number of hydrogen-bond acceptors (Lipinski definition) is 4. The predicted octanol–water partition coefficient (Wildman–Crippen LogP) is 2.79. The van der Waals surface area contributed by atoms with E-state index in [1.165, 1.54) is 6.07 Å².